The van der Waals surface area contributed by atoms with E-state index in [0.29, 0.717) is 13.0 Å². The highest BCUT2D eigenvalue weighted by Gasteiger charge is 2.26. The van der Waals surface area contributed by atoms with Gasteiger partial charge in [0.25, 0.3) is 0 Å². The first-order valence-electron chi connectivity index (χ1n) is 6.33. The highest BCUT2D eigenvalue weighted by atomic mass is 16.1. The Hall–Kier alpha value is -1.36. The van der Waals surface area contributed by atoms with Gasteiger partial charge in [0, 0.05) is 31.9 Å². The molecule has 0 aliphatic rings. The van der Waals surface area contributed by atoms with E-state index in [-0.39, 0.29) is 17.4 Å². The minimum Gasteiger partial charge on any atom is -0.351 e. The van der Waals surface area contributed by atoms with Crippen LogP contribution in [0.2, 0.25) is 0 Å². The summed E-state index contributed by atoms with van der Waals surface area (Å²) in [6.45, 7) is 7.84. The topological polar surface area (TPSA) is 59.0 Å². The molecule has 1 unspecified atom stereocenters. The summed E-state index contributed by atoms with van der Waals surface area (Å²) in [5, 5.41) is 6.08. The summed E-state index contributed by atoms with van der Waals surface area (Å²) in [6.07, 6.45) is 5.95. The fourth-order valence-electron chi connectivity index (χ4n) is 1.65. The third-order valence-electron chi connectivity index (χ3n) is 2.94. The number of aromatic nitrogens is 2. The van der Waals surface area contributed by atoms with Gasteiger partial charge in [-0.3, -0.25) is 4.79 Å². The van der Waals surface area contributed by atoms with Gasteiger partial charge in [0.15, 0.2) is 0 Å². The minimum absolute atomic E-state index is 0.0135. The van der Waals surface area contributed by atoms with E-state index in [9.17, 15) is 4.79 Å². The molecule has 5 heteroatoms. The molecule has 2 N–H and O–H groups in total. The maximum absolute atomic E-state index is 11.8. The van der Waals surface area contributed by atoms with Crippen LogP contribution in [0.15, 0.2) is 18.7 Å². The van der Waals surface area contributed by atoms with Gasteiger partial charge in [0.2, 0.25) is 5.91 Å². The average molecular weight is 252 g/mol. The van der Waals surface area contributed by atoms with Crippen molar-refractivity contribution in [2.75, 3.05) is 13.6 Å². The Morgan fingerprint density at radius 2 is 2.17 bits per heavy atom. The molecule has 1 heterocycles. The lowest BCUT2D eigenvalue weighted by atomic mass is 9.86. The van der Waals surface area contributed by atoms with Gasteiger partial charge in [-0.15, -0.1) is 0 Å². The zero-order chi connectivity index (χ0) is 13.6. The Labute approximate surface area is 109 Å². The fourth-order valence-corrected chi connectivity index (χ4v) is 1.65. The van der Waals surface area contributed by atoms with Crippen molar-refractivity contribution in [1.82, 2.24) is 20.2 Å². The van der Waals surface area contributed by atoms with E-state index >= 15 is 0 Å². The molecule has 5 nitrogen and oxygen atoms in total. The van der Waals surface area contributed by atoms with Crippen LogP contribution in [-0.2, 0) is 11.3 Å². The smallest absolute Gasteiger partial charge is 0.221 e. The Morgan fingerprint density at radius 1 is 1.44 bits per heavy atom. The predicted molar refractivity (Wildman–Crippen MR) is 72.2 cm³/mol. The highest BCUT2D eigenvalue weighted by Crippen LogP contribution is 2.20. The second-order valence-electron chi connectivity index (χ2n) is 5.60. The van der Waals surface area contributed by atoms with Gasteiger partial charge in [0.1, 0.15) is 0 Å². The van der Waals surface area contributed by atoms with Crippen LogP contribution in [-0.4, -0.2) is 35.1 Å². The highest BCUT2D eigenvalue weighted by molar-refractivity contribution is 5.76. The van der Waals surface area contributed by atoms with Gasteiger partial charge < -0.3 is 15.2 Å². The maximum atomic E-state index is 11.8. The van der Waals surface area contributed by atoms with Crippen LogP contribution in [0, 0.1) is 5.41 Å². The van der Waals surface area contributed by atoms with Gasteiger partial charge in [0.05, 0.1) is 12.4 Å². The zero-order valence-corrected chi connectivity index (χ0v) is 11.7. The molecule has 0 fully saturated rings. The summed E-state index contributed by atoms with van der Waals surface area (Å²) in [5.74, 6) is 0.0874. The SMILES string of the molecule is CNCCC(=O)NC(Cn1ccnc1)C(C)(C)C. The molecule has 1 rings (SSSR count). The van der Waals surface area contributed by atoms with Crippen molar-refractivity contribution in [3.05, 3.63) is 18.7 Å². The molecule has 0 radical (unpaired) electrons. The fraction of sp³-hybridized carbons (Fsp3) is 0.692. The number of imidazole rings is 1. The molecule has 1 amide bonds. The van der Waals surface area contributed by atoms with Gasteiger partial charge in [-0.05, 0) is 12.5 Å². The molecule has 18 heavy (non-hydrogen) atoms. The van der Waals surface area contributed by atoms with Crippen LogP contribution in [0.5, 0.6) is 0 Å². The van der Waals surface area contributed by atoms with Gasteiger partial charge in [-0.2, -0.15) is 0 Å². The molecule has 1 atom stereocenters. The maximum Gasteiger partial charge on any atom is 0.221 e. The van der Waals surface area contributed by atoms with Gasteiger partial charge in [-0.25, -0.2) is 4.98 Å². The van der Waals surface area contributed by atoms with Crippen LogP contribution in [0.1, 0.15) is 27.2 Å². The number of hydrogen-bond donors (Lipinski definition) is 2. The molecular weight excluding hydrogens is 228 g/mol. The third-order valence-corrected chi connectivity index (χ3v) is 2.94. The summed E-state index contributed by atoms with van der Waals surface area (Å²) < 4.78 is 1.99. The summed E-state index contributed by atoms with van der Waals surface area (Å²) in [6, 6.07) is 0.0936. The first-order valence-corrected chi connectivity index (χ1v) is 6.33. The lowest BCUT2D eigenvalue weighted by molar-refractivity contribution is -0.122. The summed E-state index contributed by atoms with van der Waals surface area (Å²) >= 11 is 0. The van der Waals surface area contributed by atoms with E-state index in [1.807, 2.05) is 17.8 Å². The number of nitrogens with one attached hydrogen (secondary N) is 2. The number of rotatable bonds is 6. The summed E-state index contributed by atoms with van der Waals surface area (Å²) in [5.41, 5.74) is 0.0135. The molecule has 0 aliphatic carbocycles. The summed E-state index contributed by atoms with van der Waals surface area (Å²) in [4.78, 5) is 15.8. The quantitative estimate of drug-likeness (QED) is 0.795. The largest absolute Gasteiger partial charge is 0.351 e. The zero-order valence-electron chi connectivity index (χ0n) is 11.7. The molecule has 0 saturated heterocycles. The monoisotopic (exact) mass is 252 g/mol. The number of nitrogens with zero attached hydrogens (tertiary/aromatic N) is 2. The molecule has 0 spiro atoms. The number of hydrogen-bond acceptors (Lipinski definition) is 3. The van der Waals surface area contributed by atoms with Crippen LogP contribution in [0.25, 0.3) is 0 Å². The normalized spacial score (nSPS) is 13.3. The van der Waals surface area contributed by atoms with E-state index in [4.69, 9.17) is 0 Å². The van der Waals surface area contributed by atoms with Crippen molar-refractivity contribution in [2.24, 2.45) is 5.41 Å². The minimum atomic E-state index is 0.0135. The van der Waals surface area contributed by atoms with Crippen molar-refractivity contribution in [2.45, 2.75) is 39.8 Å². The lowest BCUT2D eigenvalue weighted by Gasteiger charge is -2.31. The predicted octanol–water partition coefficient (Wildman–Crippen LogP) is 1.02. The van der Waals surface area contributed by atoms with E-state index in [1.165, 1.54) is 0 Å². The molecule has 1 aromatic heterocycles. The van der Waals surface area contributed by atoms with Crippen LogP contribution in [0.3, 0.4) is 0 Å². The Morgan fingerprint density at radius 3 is 2.67 bits per heavy atom. The Balaban J connectivity index is 2.59. The first kappa shape index (κ1) is 14.7. The van der Waals surface area contributed by atoms with Crippen LogP contribution in [0.4, 0.5) is 0 Å². The lowest BCUT2D eigenvalue weighted by Crippen LogP contribution is -2.46. The average Bonchev–Trinajstić information content (AvgIpc) is 2.77. The molecule has 0 aromatic carbocycles. The van der Waals surface area contributed by atoms with Gasteiger partial charge >= 0.3 is 0 Å². The van der Waals surface area contributed by atoms with Crippen LogP contribution >= 0.6 is 0 Å². The standard InChI is InChI=1S/C13H24N4O/c1-13(2,3)11(9-17-8-7-15-10-17)16-12(18)5-6-14-4/h7-8,10-11,14H,5-6,9H2,1-4H3,(H,16,18). The molecule has 0 aliphatic heterocycles. The second kappa shape index (κ2) is 6.54. The van der Waals surface area contributed by atoms with Gasteiger partial charge in [-0.1, -0.05) is 20.8 Å². The molecule has 102 valence electrons. The van der Waals surface area contributed by atoms with Crippen molar-refractivity contribution in [3.63, 3.8) is 0 Å². The first-order chi connectivity index (χ1) is 8.43. The second-order valence-corrected chi connectivity index (χ2v) is 5.60. The van der Waals surface area contributed by atoms with E-state index in [0.717, 1.165) is 6.54 Å². The van der Waals surface area contributed by atoms with Crippen LogP contribution < -0.4 is 10.6 Å². The molecule has 0 bridgehead atoms. The molecular formula is C13H24N4O. The van der Waals surface area contributed by atoms with Crippen molar-refractivity contribution in [1.29, 1.82) is 0 Å². The van der Waals surface area contributed by atoms with E-state index in [2.05, 4.69) is 36.4 Å². The number of carbonyl (C=O) groups is 1. The number of carbonyl (C=O) groups excluding carboxylic acids is 1. The summed E-state index contributed by atoms with van der Waals surface area (Å²) in [7, 11) is 1.85. The number of amides is 1. The Kier molecular flexibility index (Phi) is 5.34. The van der Waals surface area contributed by atoms with Crippen molar-refractivity contribution >= 4 is 5.91 Å². The van der Waals surface area contributed by atoms with E-state index in [1.54, 1.807) is 12.5 Å². The molecule has 1 aromatic rings. The van der Waals surface area contributed by atoms with E-state index < -0.39 is 0 Å². The Bertz CT molecular complexity index is 354. The van der Waals surface area contributed by atoms with Crippen molar-refractivity contribution in [3.8, 4) is 0 Å². The molecule has 0 saturated carbocycles. The third kappa shape index (κ3) is 4.87. The van der Waals surface area contributed by atoms with Crippen molar-refractivity contribution < 1.29 is 4.79 Å².